The summed E-state index contributed by atoms with van der Waals surface area (Å²) in [5.74, 6) is -4.84. The van der Waals surface area contributed by atoms with E-state index in [9.17, 15) is 13.6 Å². The maximum absolute atomic E-state index is 12.4. The van der Waals surface area contributed by atoms with Gasteiger partial charge < -0.3 is 5.32 Å². The fourth-order valence-corrected chi connectivity index (χ4v) is 0.808. The minimum atomic E-state index is -3.42. The number of hydrogen-bond acceptors (Lipinski definition) is 3. The highest BCUT2D eigenvalue weighted by atomic mass is 79.9. The predicted octanol–water partition coefficient (Wildman–Crippen LogP) is 1.83. The zero-order valence-electron chi connectivity index (χ0n) is 7.09. The number of amides is 1. The number of alkyl halides is 2. The molecule has 0 atom stereocenters. The van der Waals surface area contributed by atoms with Gasteiger partial charge in [0.1, 0.15) is 4.60 Å². The van der Waals surface area contributed by atoms with Gasteiger partial charge in [0.25, 0.3) is 5.91 Å². The average Bonchev–Trinajstić information content (AvgIpc) is 2.07. The second-order valence-electron chi connectivity index (χ2n) is 2.57. The van der Waals surface area contributed by atoms with Gasteiger partial charge in [0.15, 0.2) is 5.82 Å². The third kappa shape index (κ3) is 2.99. The molecule has 0 saturated heterocycles. The van der Waals surface area contributed by atoms with Crippen LogP contribution in [0.4, 0.5) is 14.6 Å². The van der Waals surface area contributed by atoms with Gasteiger partial charge in [-0.2, -0.15) is 8.78 Å². The molecule has 4 nitrogen and oxygen atoms in total. The van der Waals surface area contributed by atoms with Crippen LogP contribution in [0.5, 0.6) is 0 Å². The van der Waals surface area contributed by atoms with Crippen molar-refractivity contribution < 1.29 is 13.6 Å². The van der Waals surface area contributed by atoms with Crippen LogP contribution in [0.2, 0.25) is 0 Å². The van der Waals surface area contributed by atoms with E-state index in [4.69, 9.17) is 0 Å². The summed E-state index contributed by atoms with van der Waals surface area (Å²) in [6.07, 6.45) is 2.47. The lowest BCUT2D eigenvalue weighted by molar-refractivity contribution is -0.137. The summed E-state index contributed by atoms with van der Waals surface area (Å²) in [5, 5.41) is 1.93. The highest BCUT2D eigenvalue weighted by molar-refractivity contribution is 9.10. The summed E-state index contributed by atoms with van der Waals surface area (Å²) in [4.78, 5) is 18.1. The Labute approximate surface area is 86.9 Å². The Balaban J connectivity index is 2.71. The smallest absolute Gasteiger partial charge is 0.304 e. The first-order valence-corrected chi connectivity index (χ1v) is 4.36. The van der Waals surface area contributed by atoms with Gasteiger partial charge in [0.2, 0.25) is 0 Å². The van der Waals surface area contributed by atoms with E-state index in [1.165, 1.54) is 12.4 Å². The van der Waals surface area contributed by atoms with Crippen LogP contribution in [-0.2, 0) is 4.79 Å². The maximum atomic E-state index is 12.4. The van der Waals surface area contributed by atoms with E-state index < -0.39 is 11.8 Å². The molecule has 0 aliphatic heterocycles. The SMILES string of the molecule is CC(F)(F)C(=O)Nc1cnc(Br)cn1. The second-order valence-corrected chi connectivity index (χ2v) is 3.38. The molecule has 0 radical (unpaired) electrons. The van der Waals surface area contributed by atoms with Crippen molar-refractivity contribution >= 4 is 27.7 Å². The molecule has 0 saturated carbocycles. The molecule has 1 heterocycles. The standard InChI is InChI=1S/C7H6BrF2N3O/c1-7(9,10)6(14)13-5-3-11-4(8)2-12-5/h2-3H,1H3,(H,12,13,14). The van der Waals surface area contributed by atoms with E-state index in [0.29, 0.717) is 11.5 Å². The Morgan fingerprint density at radius 2 is 2.14 bits per heavy atom. The van der Waals surface area contributed by atoms with Crippen LogP contribution in [0.3, 0.4) is 0 Å². The van der Waals surface area contributed by atoms with E-state index >= 15 is 0 Å². The van der Waals surface area contributed by atoms with E-state index in [1.807, 2.05) is 5.32 Å². The summed E-state index contributed by atoms with van der Waals surface area (Å²) in [5.41, 5.74) is 0. The number of anilines is 1. The summed E-state index contributed by atoms with van der Waals surface area (Å²) in [6, 6.07) is 0. The number of halogens is 3. The van der Waals surface area contributed by atoms with E-state index in [2.05, 4.69) is 25.9 Å². The zero-order valence-corrected chi connectivity index (χ0v) is 8.68. The molecule has 1 amide bonds. The van der Waals surface area contributed by atoms with Crippen LogP contribution in [0.25, 0.3) is 0 Å². The van der Waals surface area contributed by atoms with Gasteiger partial charge >= 0.3 is 5.92 Å². The first-order chi connectivity index (χ1) is 6.39. The normalized spacial score (nSPS) is 11.1. The van der Waals surface area contributed by atoms with Crippen LogP contribution in [-0.4, -0.2) is 21.8 Å². The molecule has 1 aromatic rings. The largest absolute Gasteiger partial charge is 0.322 e. The van der Waals surface area contributed by atoms with Crippen LogP contribution in [0.15, 0.2) is 17.0 Å². The molecule has 1 rings (SSSR count). The molecule has 76 valence electrons. The Bertz CT molecular complexity index is 336. The average molecular weight is 266 g/mol. The van der Waals surface area contributed by atoms with Crippen LogP contribution in [0.1, 0.15) is 6.92 Å². The molecule has 1 N–H and O–H groups in total. The van der Waals surface area contributed by atoms with Gasteiger partial charge in [-0.25, -0.2) is 9.97 Å². The monoisotopic (exact) mass is 265 g/mol. The lowest BCUT2D eigenvalue weighted by Crippen LogP contribution is -2.31. The number of carbonyl (C=O) groups is 1. The van der Waals surface area contributed by atoms with Crippen molar-refractivity contribution in [2.24, 2.45) is 0 Å². The summed E-state index contributed by atoms with van der Waals surface area (Å²) in [7, 11) is 0. The van der Waals surface area contributed by atoms with Gasteiger partial charge in [-0.3, -0.25) is 4.79 Å². The van der Waals surface area contributed by atoms with Crippen LogP contribution >= 0.6 is 15.9 Å². The van der Waals surface area contributed by atoms with Crippen molar-refractivity contribution in [3.8, 4) is 0 Å². The predicted molar refractivity (Wildman–Crippen MR) is 49.0 cm³/mol. The van der Waals surface area contributed by atoms with Crippen molar-refractivity contribution in [2.75, 3.05) is 5.32 Å². The lowest BCUT2D eigenvalue weighted by Gasteiger charge is -2.09. The van der Waals surface area contributed by atoms with Crippen LogP contribution < -0.4 is 5.32 Å². The number of aromatic nitrogens is 2. The third-order valence-electron chi connectivity index (χ3n) is 1.26. The summed E-state index contributed by atoms with van der Waals surface area (Å²) in [6.45, 7) is 0.509. The highest BCUT2D eigenvalue weighted by Crippen LogP contribution is 2.14. The fraction of sp³-hybridized carbons (Fsp3) is 0.286. The maximum Gasteiger partial charge on any atom is 0.322 e. The Morgan fingerprint density at radius 3 is 2.57 bits per heavy atom. The Morgan fingerprint density at radius 1 is 1.50 bits per heavy atom. The van der Waals surface area contributed by atoms with Crippen molar-refractivity contribution in [3.05, 3.63) is 17.0 Å². The summed E-state index contributed by atoms with van der Waals surface area (Å²) < 4.78 is 25.3. The first-order valence-electron chi connectivity index (χ1n) is 3.56. The van der Waals surface area contributed by atoms with Gasteiger partial charge in [-0.05, 0) is 15.9 Å². The lowest BCUT2D eigenvalue weighted by atomic mass is 10.3. The Hall–Kier alpha value is -1.11. The molecular formula is C7H6BrF2N3O. The highest BCUT2D eigenvalue weighted by Gasteiger charge is 2.32. The zero-order chi connectivity index (χ0) is 10.8. The number of hydrogen-bond donors (Lipinski definition) is 1. The van der Waals surface area contributed by atoms with Crippen LogP contribution in [0, 0.1) is 0 Å². The number of carbonyl (C=O) groups excluding carboxylic acids is 1. The molecule has 0 aliphatic carbocycles. The molecule has 0 unspecified atom stereocenters. The van der Waals surface area contributed by atoms with E-state index in [1.54, 1.807) is 0 Å². The molecule has 0 aromatic carbocycles. The topological polar surface area (TPSA) is 54.9 Å². The van der Waals surface area contributed by atoms with E-state index in [-0.39, 0.29) is 5.82 Å². The van der Waals surface area contributed by atoms with Gasteiger partial charge in [0.05, 0.1) is 12.4 Å². The molecule has 1 aromatic heterocycles. The first kappa shape index (κ1) is 11.0. The molecule has 14 heavy (non-hydrogen) atoms. The van der Waals surface area contributed by atoms with Crippen molar-refractivity contribution in [3.63, 3.8) is 0 Å². The molecule has 0 fully saturated rings. The summed E-state index contributed by atoms with van der Waals surface area (Å²) >= 11 is 3.02. The van der Waals surface area contributed by atoms with Crippen molar-refractivity contribution in [2.45, 2.75) is 12.8 Å². The number of nitrogens with one attached hydrogen (secondary N) is 1. The number of rotatable bonds is 2. The molecule has 0 bridgehead atoms. The fourth-order valence-electron chi connectivity index (χ4n) is 0.603. The molecule has 0 aliphatic rings. The third-order valence-corrected chi connectivity index (χ3v) is 1.67. The molecular weight excluding hydrogens is 260 g/mol. The minimum absolute atomic E-state index is 0.0141. The molecule has 7 heteroatoms. The minimum Gasteiger partial charge on any atom is -0.304 e. The number of nitrogens with zero attached hydrogens (tertiary/aromatic N) is 2. The quantitative estimate of drug-likeness (QED) is 0.888. The van der Waals surface area contributed by atoms with Crippen molar-refractivity contribution in [1.82, 2.24) is 9.97 Å². The van der Waals surface area contributed by atoms with Gasteiger partial charge in [0, 0.05) is 6.92 Å². The second kappa shape index (κ2) is 3.95. The molecule has 0 spiro atoms. The van der Waals surface area contributed by atoms with Gasteiger partial charge in [-0.15, -0.1) is 0 Å². The van der Waals surface area contributed by atoms with E-state index in [0.717, 1.165) is 0 Å². The van der Waals surface area contributed by atoms with Gasteiger partial charge in [-0.1, -0.05) is 0 Å². The van der Waals surface area contributed by atoms with Crippen molar-refractivity contribution in [1.29, 1.82) is 0 Å². The Kier molecular flexibility index (Phi) is 3.10.